The first-order valence-corrected chi connectivity index (χ1v) is 9.32. The average Bonchev–Trinajstić information content (AvgIpc) is 3.05. The number of hydrogen-bond donors (Lipinski definition) is 1. The fourth-order valence-electron chi connectivity index (χ4n) is 3.50. The Morgan fingerprint density at radius 2 is 1.92 bits per heavy atom. The van der Waals surface area contributed by atoms with Gasteiger partial charge in [0.05, 0.1) is 5.92 Å². The third kappa shape index (κ3) is 3.64. The third-order valence-electron chi connectivity index (χ3n) is 5.11. The number of aryl methyl sites for hydroxylation is 3. The quantitative estimate of drug-likeness (QED) is 0.882. The maximum atomic E-state index is 12.8. The summed E-state index contributed by atoms with van der Waals surface area (Å²) in [6.07, 6.45) is 2.04. The van der Waals surface area contributed by atoms with E-state index in [-0.39, 0.29) is 24.2 Å². The van der Waals surface area contributed by atoms with Gasteiger partial charge in [0.15, 0.2) is 0 Å². The molecule has 136 valence electrons. The lowest BCUT2D eigenvalue weighted by molar-refractivity contribution is -0.122. The summed E-state index contributed by atoms with van der Waals surface area (Å²) < 4.78 is 0. The number of rotatable bonds is 5. The Bertz CT molecular complexity index is 829. The van der Waals surface area contributed by atoms with E-state index in [1.165, 1.54) is 5.56 Å². The molecule has 26 heavy (non-hydrogen) atoms. The van der Waals surface area contributed by atoms with Crippen LogP contribution < -0.4 is 10.2 Å². The summed E-state index contributed by atoms with van der Waals surface area (Å²) in [4.78, 5) is 27.0. The van der Waals surface area contributed by atoms with Crippen LogP contribution in [0.3, 0.4) is 0 Å². The van der Waals surface area contributed by atoms with Crippen LogP contribution in [-0.4, -0.2) is 18.4 Å². The summed E-state index contributed by atoms with van der Waals surface area (Å²) in [6, 6.07) is 14.0. The van der Waals surface area contributed by atoms with Gasteiger partial charge in [-0.1, -0.05) is 44.2 Å². The molecule has 0 saturated carbocycles. The second kappa shape index (κ2) is 7.73. The van der Waals surface area contributed by atoms with Gasteiger partial charge in [-0.05, 0) is 48.6 Å². The maximum Gasteiger partial charge on any atom is 0.229 e. The summed E-state index contributed by atoms with van der Waals surface area (Å²) in [6.45, 7) is 6.60. The van der Waals surface area contributed by atoms with Gasteiger partial charge >= 0.3 is 0 Å². The van der Waals surface area contributed by atoms with Gasteiger partial charge in [-0.25, -0.2) is 0 Å². The predicted molar refractivity (Wildman–Crippen MR) is 105 cm³/mol. The number of nitrogens with one attached hydrogen (secondary N) is 1. The van der Waals surface area contributed by atoms with Crippen molar-refractivity contribution in [3.8, 4) is 0 Å². The molecule has 4 nitrogen and oxygen atoms in total. The Balaban J connectivity index is 1.75. The SMILES string of the molecule is CCc1cccc(N2C[C@@H](C(=O)Nc3c(C)cccc3CC)CC2=O)c1. The third-order valence-corrected chi connectivity index (χ3v) is 5.11. The molecule has 4 heteroatoms. The van der Waals surface area contributed by atoms with Crippen LogP contribution >= 0.6 is 0 Å². The number of carbonyl (C=O) groups excluding carboxylic acids is 2. The number of benzene rings is 2. The Kier molecular flexibility index (Phi) is 5.40. The second-order valence-electron chi connectivity index (χ2n) is 6.88. The minimum absolute atomic E-state index is 0.0129. The molecule has 0 aromatic heterocycles. The Morgan fingerprint density at radius 1 is 1.15 bits per heavy atom. The first-order chi connectivity index (χ1) is 12.5. The van der Waals surface area contributed by atoms with Crippen molar-refractivity contribution in [3.05, 3.63) is 59.2 Å². The van der Waals surface area contributed by atoms with E-state index in [9.17, 15) is 9.59 Å². The molecule has 1 aliphatic heterocycles. The van der Waals surface area contributed by atoms with Crippen molar-refractivity contribution < 1.29 is 9.59 Å². The summed E-state index contributed by atoms with van der Waals surface area (Å²) in [7, 11) is 0. The van der Waals surface area contributed by atoms with Crippen LogP contribution in [0.2, 0.25) is 0 Å². The lowest BCUT2D eigenvalue weighted by atomic mass is 10.0. The van der Waals surface area contributed by atoms with Crippen LogP contribution in [0.15, 0.2) is 42.5 Å². The summed E-state index contributed by atoms with van der Waals surface area (Å²) >= 11 is 0. The Hall–Kier alpha value is -2.62. The van der Waals surface area contributed by atoms with Gasteiger partial charge in [0.25, 0.3) is 0 Å². The molecule has 2 aromatic rings. The molecule has 0 spiro atoms. The number of para-hydroxylation sites is 1. The molecule has 0 unspecified atom stereocenters. The van der Waals surface area contributed by atoms with Gasteiger partial charge in [0, 0.05) is 24.3 Å². The van der Waals surface area contributed by atoms with Gasteiger partial charge in [-0.2, -0.15) is 0 Å². The zero-order valence-electron chi connectivity index (χ0n) is 15.7. The van der Waals surface area contributed by atoms with Gasteiger partial charge in [-0.15, -0.1) is 0 Å². The summed E-state index contributed by atoms with van der Waals surface area (Å²) in [5.41, 5.74) is 5.13. The van der Waals surface area contributed by atoms with Crippen LogP contribution in [0.4, 0.5) is 11.4 Å². The van der Waals surface area contributed by atoms with Crippen molar-refractivity contribution in [1.29, 1.82) is 0 Å². The normalized spacial score (nSPS) is 16.8. The van der Waals surface area contributed by atoms with Crippen molar-refractivity contribution in [1.82, 2.24) is 0 Å². The van der Waals surface area contributed by atoms with Crippen LogP contribution in [0.5, 0.6) is 0 Å². The molecular formula is C22H26N2O2. The van der Waals surface area contributed by atoms with E-state index in [4.69, 9.17) is 0 Å². The van der Waals surface area contributed by atoms with E-state index in [1.54, 1.807) is 4.90 Å². The van der Waals surface area contributed by atoms with Gasteiger partial charge in [0.2, 0.25) is 11.8 Å². The first-order valence-electron chi connectivity index (χ1n) is 9.32. The zero-order valence-corrected chi connectivity index (χ0v) is 15.7. The molecule has 1 N–H and O–H groups in total. The second-order valence-corrected chi connectivity index (χ2v) is 6.88. The van der Waals surface area contributed by atoms with E-state index in [1.807, 2.05) is 43.3 Å². The highest BCUT2D eigenvalue weighted by molar-refractivity contribution is 6.04. The molecule has 0 bridgehead atoms. The maximum absolute atomic E-state index is 12.8. The van der Waals surface area contributed by atoms with E-state index in [2.05, 4.69) is 25.2 Å². The molecule has 0 radical (unpaired) electrons. The highest BCUT2D eigenvalue weighted by Gasteiger charge is 2.35. The number of anilines is 2. The number of amides is 2. The van der Waals surface area contributed by atoms with E-state index in [0.29, 0.717) is 6.54 Å². The molecule has 0 aliphatic carbocycles. The van der Waals surface area contributed by atoms with E-state index in [0.717, 1.165) is 35.3 Å². The Labute approximate surface area is 155 Å². The summed E-state index contributed by atoms with van der Waals surface area (Å²) in [5.74, 6) is -0.382. The standard InChI is InChI=1S/C22H26N2O2/c1-4-16-9-7-11-19(12-16)24-14-18(13-20(24)25)22(26)23-21-15(3)8-6-10-17(21)5-2/h6-12,18H,4-5,13-14H2,1-3H3,(H,23,26)/t18-/m0/s1. The topological polar surface area (TPSA) is 49.4 Å². The molecule has 1 fully saturated rings. The van der Waals surface area contributed by atoms with Crippen LogP contribution in [0.25, 0.3) is 0 Å². The lowest BCUT2D eigenvalue weighted by Crippen LogP contribution is -2.28. The molecule has 1 heterocycles. The lowest BCUT2D eigenvalue weighted by Gasteiger charge is -2.18. The van der Waals surface area contributed by atoms with Crippen LogP contribution in [-0.2, 0) is 22.4 Å². The predicted octanol–water partition coefficient (Wildman–Crippen LogP) is 4.11. The number of carbonyl (C=O) groups is 2. The first kappa shape index (κ1) is 18.2. The van der Waals surface area contributed by atoms with Crippen molar-refractivity contribution in [3.63, 3.8) is 0 Å². The number of nitrogens with zero attached hydrogens (tertiary/aromatic N) is 1. The number of hydrogen-bond acceptors (Lipinski definition) is 2. The fraction of sp³-hybridized carbons (Fsp3) is 0.364. The van der Waals surface area contributed by atoms with Crippen molar-refractivity contribution in [2.24, 2.45) is 5.92 Å². The molecular weight excluding hydrogens is 324 g/mol. The highest BCUT2D eigenvalue weighted by atomic mass is 16.2. The smallest absolute Gasteiger partial charge is 0.229 e. The molecule has 1 saturated heterocycles. The van der Waals surface area contributed by atoms with E-state index < -0.39 is 0 Å². The average molecular weight is 350 g/mol. The van der Waals surface area contributed by atoms with Gasteiger partial charge < -0.3 is 10.2 Å². The van der Waals surface area contributed by atoms with Crippen LogP contribution in [0, 0.1) is 12.8 Å². The monoisotopic (exact) mass is 350 g/mol. The van der Waals surface area contributed by atoms with Gasteiger partial charge in [0.1, 0.15) is 0 Å². The summed E-state index contributed by atoms with van der Waals surface area (Å²) in [5, 5.41) is 3.07. The van der Waals surface area contributed by atoms with Crippen LogP contribution in [0.1, 0.15) is 37.0 Å². The van der Waals surface area contributed by atoms with E-state index >= 15 is 0 Å². The minimum Gasteiger partial charge on any atom is -0.325 e. The molecule has 2 aromatic carbocycles. The van der Waals surface area contributed by atoms with Gasteiger partial charge in [-0.3, -0.25) is 9.59 Å². The molecule has 2 amide bonds. The van der Waals surface area contributed by atoms with Crippen molar-refractivity contribution in [2.45, 2.75) is 40.0 Å². The molecule has 1 atom stereocenters. The Morgan fingerprint density at radius 3 is 2.65 bits per heavy atom. The highest BCUT2D eigenvalue weighted by Crippen LogP contribution is 2.28. The minimum atomic E-state index is -0.322. The zero-order chi connectivity index (χ0) is 18.7. The van der Waals surface area contributed by atoms with Crippen molar-refractivity contribution in [2.75, 3.05) is 16.8 Å². The molecule has 3 rings (SSSR count). The largest absolute Gasteiger partial charge is 0.325 e. The molecule has 1 aliphatic rings. The van der Waals surface area contributed by atoms with Crippen molar-refractivity contribution >= 4 is 23.2 Å². The fourth-order valence-corrected chi connectivity index (χ4v) is 3.50.